The minimum Gasteiger partial charge on any atom is -0.378 e. The SMILES string of the molecule is O=C(Nc1cc(Br)ccc1N1CCOCC1)c1ccc(CSc2ncn[nH]2)cc1. The van der Waals surface area contributed by atoms with Crippen LogP contribution in [0.3, 0.4) is 0 Å². The molecule has 0 bridgehead atoms. The van der Waals surface area contributed by atoms with E-state index in [0.29, 0.717) is 18.8 Å². The quantitative estimate of drug-likeness (QED) is 0.527. The summed E-state index contributed by atoms with van der Waals surface area (Å²) in [5, 5.41) is 10.5. The van der Waals surface area contributed by atoms with Gasteiger partial charge < -0.3 is 15.0 Å². The molecular weight excluding hydrogens is 454 g/mol. The van der Waals surface area contributed by atoms with Crippen molar-refractivity contribution in [3.8, 4) is 0 Å². The van der Waals surface area contributed by atoms with Crippen LogP contribution in [0.4, 0.5) is 11.4 Å². The number of ether oxygens (including phenoxy) is 1. The predicted molar refractivity (Wildman–Crippen MR) is 118 cm³/mol. The van der Waals surface area contributed by atoms with E-state index in [0.717, 1.165) is 45.4 Å². The third-order valence-electron chi connectivity index (χ3n) is 4.54. The monoisotopic (exact) mass is 473 g/mol. The van der Waals surface area contributed by atoms with Crippen molar-refractivity contribution in [1.29, 1.82) is 0 Å². The zero-order chi connectivity index (χ0) is 20.1. The fourth-order valence-electron chi connectivity index (χ4n) is 3.05. The molecule has 9 heteroatoms. The molecule has 4 rings (SSSR count). The second-order valence-electron chi connectivity index (χ2n) is 6.49. The summed E-state index contributed by atoms with van der Waals surface area (Å²) < 4.78 is 6.36. The van der Waals surface area contributed by atoms with Gasteiger partial charge in [-0.3, -0.25) is 9.89 Å². The van der Waals surface area contributed by atoms with Gasteiger partial charge in [-0.15, -0.1) is 0 Å². The smallest absolute Gasteiger partial charge is 0.255 e. The van der Waals surface area contributed by atoms with Gasteiger partial charge in [0.2, 0.25) is 0 Å². The Balaban J connectivity index is 1.44. The number of anilines is 2. The zero-order valence-corrected chi connectivity index (χ0v) is 18.0. The van der Waals surface area contributed by atoms with Crippen molar-refractivity contribution in [1.82, 2.24) is 15.2 Å². The number of amides is 1. The Morgan fingerprint density at radius 3 is 2.72 bits per heavy atom. The van der Waals surface area contributed by atoms with Gasteiger partial charge in [0.05, 0.1) is 24.6 Å². The average molecular weight is 474 g/mol. The first-order chi connectivity index (χ1) is 14.2. The van der Waals surface area contributed by atoms with E-state index in [2.05, 4.69) is 41.3 Å². The first kappa shape index (κ1) is 19.9. The highest BCUT2D eigenvalue weighted by molar-refractivity contribution is 9.10. The first-order valence-corrected chi connectivity index (χ1v) is 11.0. The van der Waals surface area contributed by atoms with Gasteiger partial charge in [-0.2, -0.15) is 5.10 Å². The van der Waals surface area contributed by atoms with Gasteiger partial charge in [0.25, 0.3) is 5.91 Å². The highest BCUT2D eigenvalue weighted by Crippen LogP contribution is 2.30. The number of halogens is 1. The number of morpholine rings is 1. The molecule has 0 saturated carbocycles. The average Bonchev–Trinajstić information content (AvgIpc) is 3.27. The summed E-state index contributed by atoms with van der Waals surface area (Å²) in [6, 6.07) is 13.6. The van der Waals surface area contributed by atoms with Crippen LogP contribution in [0, 0.1) is 0 Å². The van der Waals surface area contributed by atoms with Crippen molar-refractivity contribution < 1.29 is 9.53 Å². The van der Waals surface area contributed by atoms with Crippen LogP contribution >= 0.6 is 27.7 Å². The molecule has 0 spiro atoms. The summed E-state index contributed by atoms with van der Waals surface area (Å²) in [4.78, 5) is 19.1. The van der Waals surface area contributed by atoms with Crippen LogP contribution in [-0.4, -0.2) is 47.4 Å². The molecule has 150 valence electrons. The third kappa shape index (κ3) is 5.17. The van der Waals surface area contributed by atoms with Crippen LogP contribution in [0.25, 0.3) is 0 Å². The summed E-state index contributed by atoms with van der Waals surface area (Å²) in [6.45, 7) is 3.00. The van der Waals surface area contributed by atoms with Crippen molar-refractivity contribution >= 4 is 45.0 Å². The predicted octanol–water partition coefficient (Wildman–Crippen LogP) is 3.95. The highest BCUT2D eigenvalue weighted by atomic mass is 79.9. The number of aromatic nitrogens is 3. The van der Waals surface area contributed by atoms with E-state index in [4.69, 9.17) is 4.74 Å². The molecule has 2 aromatic carbocycles. The van der Waals surface area contributed by atoms with Gasteiger partial charge in [-0.05, 0) is 35.9 Å². The van der Waals surface area contributed by atoms with E-state index < -0.39 is 0 Å². The van der Waals surface area contributed by atoms with Crippen LogP contribution in [0.2, 0.25) is 0 Å². The lowest BCUT2D eigenvalue weighted by Crippen LogP contribution is -2.36. The van der Waals surface area contributed by atoms with E-state index in [-0.39, 0.29) is 5.91 Å². The van der Waals surface area contributed by atoms with Crippen LogP contribution in [0.1, 0.15) is 15.9 Å². The van der Waals surface area contributed by atoms with Gasteiger partial charge in [0.1, 0.15) is 6.33 Å². The lowest BCUT2D eigenvalue weighted by Gasteiger charge is -2.30. The summed E-state index contributed by atoms with van der Waals surface area (Å²) in [7, 11) is 0. The molecule has 0 atom stereocenters. The number of benzene rings is 2. The highest BCUT2D eigenvalue weighted by Gasteiger charge is 2.17. The van der Waals surface area contributed by atoms with Gasteiger partial charge in [-0.1, -0.05) is 39.8 Å². The molecule has 0 unspecified atom stereocenters. The molecule has 1 saturated heterocycles. The van der Waals surface area contributed by atoms with Gasteiger partial charge >= 0.3 is 0 Å². The summed E-state index contributed by atoms with van der Waals surface area (Å²) in [5.41, 5.74) is 3.52. The fourth-order valence-corrected chi connectivity index (χ4v) is 4.15. The zero-order valence-electron chi connectivity index (χ0n) is 15.6. The third-order valence-corrected chi connectivity index (χ3v) is 5.98. The lowest BCUT2D eigenvalue weighted by atomic mass is 10.1. The molecule has 7 nitrogen and oxygen atoms in total. The molecule has 2 heterocycles. The normalized spacial score (nSPS) is 14.0. The Morgan fingerprint density at radius 2 is 2.00 bits per heavy atom. The van der Waals surface area contributed by atoms with Crippen molar-refractivity contribution in [3.05, 3.63) is 64.4 Å². The summed E-state index contributed by atoms with van der Waals surface area (Å²) in [6.07, 6.45) is 1.49. The second-order valence-corrected chi connectivity index (χ2v) is 8.37. The number of carbonyl (C=O) groups excluding carboxylic acids is 1. The number of rotatable bonds is 6. The maximum Gasteiger partial charge on any atom is 0.255 e. The number of thioether (sulfide) groups is 1. The largest absolute Gasteiger partial charge is 0.378 e. The molecule has 3 aromatic rings. The van der Waals surface area contributed by atoms with Crippen molar-refractivity contribution in [3.63, 3.8) is 0 Å². The van der Waals surface area contributed by atoms with Gasteiger partial charge in [0.15, 0.2) is 5.16 Å². The Hall–Kier alpha value is -2.36. The maximum atomic E-state index is 12.8. The Bertz CT molecular complexity index is 960. The molecule has 0 aliphatic carbocycles. The molecule has 29 heavy (non-hydrogen) atoms. The molecular formula is C20H20BrN5O2S. The number of hydrogen-bond acceptors (Lipinski definition) is 6. The van der Waals surface area contributed by atoms with Crippen LogP contribution in [-0.2, 0) is 10.5 Å². The van der Waals surface area contributed by atoms with Crippen molar-refractivity contribution in [2.24, 2.45) is 0 Å². The molecule has 0 radical (unpaired) electrons. The van der Waals surface area contributed by atoms with Crippen molar-refractivity contribution in [2.75, 3.05) is 36.5 Å². The van der Waals surface area contributed by atoms with E-state index in [9.17, 15) is 4.79 Å². The lowest BCUT2D eigenvalue weighted by molar-refractivity contribution is 0.102. The Labute approximate surface area is 181 Å². The van der Waals surface area contributed by atoms with E-state index >= 15 is 0 Å². The maximum absolute atomic E-state index is 12.8. The number of H-pyrrole nitrogens is 1. The topological polar surface area (TPSA) is 83.1 Å². The van der Waals surface area contributed by atoms with E-state index in [1.54, 1.807) is 11.8 Å². The van der Waals surface area contributed by atoms with E-state index in [1.165, 1.54) is 6.33 Å². The van der Waals surface area contributed by atoms with E-state index in [1.807, 2.05) is 42.5 Å². The molecule has 1 aliphatic heterocycles. The number of nitrogens with one attached hydrogen (secondary N) is 2. The van der Waals surface area contributed by atoms with Crippen LogP contribution < -0.4 is 10.2 Å². The fraction of sp³-hybridized carbons (Fsp3) is 0.250. The molecule has 1 fully saturated rings. The van der Waals surface area contributed by atoms with Crippen LogP contribution in [0.5, 0.6) is 0 Å². The molecule has 1 aliphatic rings. The molecule has 1 amide bonds. The van der Waals surface area contributed by atoms with Gasteiger partial charge in [-0.25, -0.2) is 4.98 Å². The Kier molecular flexibility index (Phi) is 6.48. The number of nitrogens with zero attached hydrogens (tertiary/aromatic N) is 3. The standard InChI is InChI=1S/C20H20BrN5O2S/c21-16-5-6-18(26-7-9-28-10-8-26)17(11-16)24-19(27)15-3-1-14(2-4-15)12-29-20-22-13-23-25-20/h1-6,11,13H,7-10,12H2,(H,24,27)(H,22,23,25). The number of aromatic amines is 1. The number of hydrogen-bond donors (Lipinski definition) is 2. The van der Waals surface area contributed by atoms with Crippen LogP contribution in [0.15, 0.2) is 58.4 Å². The minimum atomic E-state index is -0.132. The van der Waals surface area contributed by atoms with Gasteiger partial charge in [0, 0.05) is 28.9 Å². The van der Waals surface area contributed by atoms with Crippen molar-refractivity contribution in [2.45, 2.75) is 10.9 Å². The Morgan fingerprint density at radius 1 is 1.21 bits per heavy atom. The second kappa shape index (κ2) is 9.43. The minimum absolute atomic E-state index is 0.132. The summed E-state index contributed by atoms with van der Waals surface area (Å²) >= 11 is 5.07. The summed E-state index contributed by atoms with van der Waals surface area (Å²) in [5.74, 6) is 0.622. The molecule has 1 aromatic heterocycles. The molecule has 2 N–H and O–H groups in total. The first-order valence-electron chi connectivity index (χ1n) is 9.20. The number of carbonyl (C=O) groups is 1.